The summed E-state index contributed by atoms with van der Waals surface area (Å²) in [7, 11) is 0. The lowest BCUT2D eigenvalue weighted by Gasteiger charge is -2.15. The smallest absolute Gasteiger partial charge is 0.109 e. The Morgan fingerprint density at radius 2 is 0.857 bits per heavy atom. The van der Waals surface area contributed by atoms with Crippen LogP contribution in [0.15, 0.2) is 84.9 Å². The SMILES string of the molecule is c1ccc([C@H]2O[C@H](c3ccccc3)c3ccccc32)cc1. The van der Waals surface area contributed by atoms with Crippen LogP contribution in [0, 0.1) is 0 Å². The number of ether oxygens (including phenoxy) is 1. The summed E-state index contributed by atoms with van der Waals surface area (Å²) in [6, 6.07) is 29.4. The van der Waals surface area contributed by atoms with E-state index in [0.717, 1.165) is 0 Å². The van der Waals surface area contributed by atoms with Gasteiger partial charge in [-0.25, -0.2) is 0 Å². The summed E-state index contributed by atoms with van der Waals surface area (Å²) in [5.41, 5.74) is 4.97. The van der Waals surface area contributed by atoms with Crippen molar-refractivity contribution in [2.24, 2.45) is 0 Å². The molecule has 1 heterocycles. The van der Waals surface area contributed by atoms with Crippen LogP contribution in [0.3, 0.4) is 0 Å². The van der Waals surface area contributed by atoms with Gasteiger partial charge in [0.05, 0.1) is 0 Å². The van der Waals surface area contributed by atoms with Gasteiger partial charge in [-0.15, -0.1) is 0 Å². The molecule has 1 aliphatic heterocycles. The normalized spacial score (nSPS) is 20.2. The zero-order chi connectivity index (χ0) is 14.1. The molecule has 0 unspecified atom stereocenters. The molecule has 3 aromatic carbocycles. The Balaban J connectivity index is 1.81. The van der Waals surface area contributed by atoms with E-state index in [1.165, 1.54) is 22.3 Å². The van der Waals surface area contributed by atoms with Crippen molar-refractivity contribution >= 4 is 0 Å². The fourth-order valence-corrected chi connectivity index (χ4v) is 3.04. The van der Waals surface area contributed by atoms with Gasteiger partial charge in [-0.05, 0) is 22.3 Å². The summed E-state index contributed by atoms with van der Waals surface area (Å²) in [6.07, 6.45) is 0.0419. The van der Waals surface area contributed by atoms with Crippen LogP contribution in [0.4, 0.5) is 0 Å². The Morgan fingerprint density at radius 3 is 1.29 bits per heavy atom. The molecule has 0 bridgehead atoms. The topological polar surface area (TPSA) is 9.23 Å². The maximum Gasteiger partial charge on any atom is 0.109 e. The van der Waals surface area contributed by atoms with E-state index in [9.17, 15) is 0 Å². The molecule has 21 heavy (non-hydrogen) atoms. The van der Waals surface area contributed by atoms with Crippen LogP contribution in [0.2, 0.25) is 0 Å². The minimum Gasteiger partial charge on any atom is -0.356 e. The molecular formula is C20H16O. The van der Waals surface area contributed by atoms with Crippen LogP contribution in [-0.2, 0) is 4.74 Å². The van der Waals surface area contributed by atoms with Crippen molar-refractivity contribution in [3.05, 3.63) is 107 Å². The van der Waals surface area contributed by atoms with Crippen LogP contribution in [0.1, 0.15) is 34.5 Å². The maximum absolute atomic E-state index is 6.40. The van der Waals surface area contributed by atoms with Gasteiger partial charge in [0, 0.05) is 0 Å². The third kappa shape index (κ3) is 2.16. The van der Waals surface area contributed by atoms with Gasteiger partial charge in [-0.3, -0.25) is 0 Å². The van der Waals surface area contributed by atoms with Crippen LogP contribution in [-0.4, -0.2) is 0 Å². The van der Waals surface area contributed by atoms with Crippen LogP contribution in [0.25, 0.3) is 0 Å². The van der Waals surface area contributed by atoms with Crippen molar-refractivity contribution in [2.45, 2.75) is 12.2 Å². The third-order valence-electron chi connectivity index (χ3n) is 4.04. The lowest BCUT2D eigenvalue weighted by molar-refractivity contribution is 0.0582. The average Bonchev–Trinajstić information content (AvgIpc) is 2.96. The summed E-state index contributed by atoms with van der Waals surface area (Å²) in [6.45, 7) is 0. The largest absolute Gasteiger partial charge is 0.356 e. The predicted molar refractivity (Wildman–Crippen MR) is 84.1 cm³/mol. The Bertz CT molecular complexity index is 670. The minimum atomic E-state index is 0.0209. The quantitative estimate of drug-likeness (QED) is 0.645. The first-order valence-corrected chi connectivity index (χ1v) is 7.27. The molecule has 3 aromatic rings. The van der Waals surface area contributed by atoms with Crippen molar-refractivity contribution < 1.29 is 4.74 Å². The summed E-state index contributed by atoms with van der Waals surface area (Å²) in [4.78, 5) is 0. The molecular weight excluding hydrogens is 256 g/mol. The van der Waals surface area contributed by atoms with Gasteiger partial charge in [-0.1, -0.05) is 84.9 Å². The number of fused-ring (bicyclic) bond motifs is 1. The van der Waals surface area contributed by atoms with Crippen molar-refractivity contribution in [1.29, 1.82) is 0 Å². The highest BCUT2D eigenvalue weighted by atomic mass is 16.5. The molecule has 0 aromatic heterocycles. The Kier molecular flexibility index (Phi) is 3.06. The number of hydrogen-bond donors (Lipinski definition) is 0. The molecule has 0 spiro atoms. The van der Waals surface area contributed by atoms with Gasteiger partial charge in [-0.2, -0.15) is 0 Å². The second-order valence-electron chi connectivity index (χ2n) is 5.35. The molecule has 1 heteroatoms. The van der Waals surface area contributed by atoms with Gasteiger partial charge in [0.2, 0.25) is 0 Å². The first kappa shape index (κ1) is 12.4. The molecule has 102 valence electrons. The fourth-order valence-electron chi connectivity index (χ4n) is 3.04. The van der Waals surface area contributed by atoms with Crippen LogP contribution in [0.5, 0.6) is 0 Å². The van der Waals surface area contributed by atoms with E-state index < -0.39 is 0 Å². The van der Waals surface area contributed by atoms with Crippen molar-refractivity contribution in [3.63, 3.8) is 0 Å². The molecule has 0 aliphatic carbocycles. The van der Waals surface area contributed by atoms with E-state index in [-0.39, 0.29) is 12.2 Å². The predicted octanol–water partition coefficient (Wildman–Crippen LogP) is 4.90. The molecule has 0 fully saturated rings. The Hall–Kier alpha value is -2.38. The molecule has 2 atom stereocenters. The summed E-state index contributed by atoms with van der Waals surface area (Å²) in [5.74, 6) is 0. The highest BCUT2D eigenvalue weighted by molar-refractivity contribution is 5.44. The molecule has 1 aliphatic rings. The van der Waals surface area contributed by atoms with Gasteiger partial charge in [0.1, 0.15) is 12.2 Å². The third-order valence-corrected chi connectivity index (χ3v) is 4.04. The second-order valence-corrected chi connectivity index (χ2v) is 5.35. The molecule has 0 amide bonds. The lowest BCUT2D eigenvalue weighted by Crippen LogP contribution is -2.01. The summed E-state index contributed by atoms with van der Waals surface area (Å²) >= 11 is 0. The van der Waals surface area contributed by atoms with E-state index in [2.05, 4.69) is 72.8 Å². The standard InChI is InChI=1S/C20H16O/c1-3-9-15(10-4-1)19-17-13-7-8-14-18(17)20(21-19)16-11-5-2-6-12-16/h1-14,19-20H/t19-,20-/m1/s1. The first-order chi connectivity index (χ1) is 10.4. The fraction of sp³-hybridized carbons (Fsp3) is 0.100. The minimum absolute atomic E-state index is 0.0209. The van der Waals surface area contributed by atoms with E-state index in [4.69, 9.17) is 4.74 Å². The zero-order valence-electron chi connectivity index (χ0n) is 11.6. The van der Waals surface area contributed by atoms with Gasteiger partial charge in [0.25, 0.3) is 0 Å². The number of benzene rings is 3. The van der Waals surface area contributed by atoms with Crippen LogP contribution < -0.4 is 0 Å². The second kappa shape index (κ2) is 5.19. The molecule has 0 N–H and O–H groups in total. The van der Waals surface area contributed by atoms with Crippen molar-refractivity contribution in [2.75, 3.05) is 0 Å². The van der Waals surface area contributed by atoms with Gasteiger partial charge >= 0.3 is 0 Å². The van der Waals surface area contributed by atoms with E-state index >= 15 is 0 Å². The van der Waals surface area contributed by atoms with Crippen LogP contribution >= 0.6 is 0 Å². The summed E-state index contributed by atoms with van der Waals surface area (Å²) in [5, 5.41) is 0. The Labute approximate surface area is 124 Å². The van der Waals surface area contributed by atoms with E-state index in [1.807, 2.05) is 12.1 Å². The molecule has 0 radical (unpaired) electrons. The highest BCUT2D eigenvalue weighted by Crippen LogP contribution is 2.45. The molecule has 4 rings (SSSR count). The van der Waals surface area contributed by atoms with E-state index in [1.54, 1.807) is 0 Å². The highest BCUT2D eigenvalue weighted by Gasteiger charge is 2.33. The lowest BCUT2D eigenvalue weighted by atomic mass is 9.95. The number of rotatable bonds is 2. The summed E-state index contributed by atoms with van der Waals surface area (Å²) < 4.78 is 6.40. The van der Waals surface area contributed by atoms with Crippen molar-refractivity contribution in [1.82, 2.24) is 0 Å². The van der Waals surface area contributed by atoms with Gasteiger partial charge in [0.15, 0.2) is 0 Å². The van der Waals surface area contributed by atoms with Crippen molar-refractivity contribution in [3.8, 4) is 0 Å². The first-order valence-electron chi connectivity index (χ1n) is 7.27. The molecule has 1 nitrogen and oxygen atoms in total. The zero-order valence-corrected chi connectivity index (χ0v) is 11.6. The molecule has 0 saturated carbocycles. The maximum atomic E-state index is 6.40. The average molecular weight is 272 g/mol. The monoisotopic (exact) mass is 272 g/mol. The van der Waals surface area contributed by atoms with E-state index in [0.29, 0.717) is 0 Å². The Morgan fingerprint density at radius 1 is 0.476 bits per heavy atom. The van der Waals surface area contributed by atoms with Gasteiger partial charge < -0.3 is 4.74 Å². The molecule has 0 saturated heterocycles. The number of hydrogen-bond acceptors (Lipinski definition) is 1.